The van der Waals surface area contributed by atoms with Gasteiger partial charge in [-0.3, -0.25) is 19.4 Å². The van der Waals surface area contributed by atoms with Crippen LogP contribution in [0.4, 0.5) is 11.5 Å². The first-order chi connectivity index (χ1) is 10.4. The molecular weight excluding hydrogens is 282 g/mol. The first-order valence-electron chi connectivity index (χ1n) is 6.74. The molecule has 7 heteroatoms. The summed E-state index contributed by atoms with van der Waals surface area (Å²) in [6, 6.07) is 9.14. The Balaban J connectivity index is 2.31. The Bertz CT molecular complexity index is 773. The lowest BCUT2D eigenvalue weighted by atomic mass is 10.2. The molecule has 116 valence electrons. The summed E-state index contributed by atoms with van der Waals surface area (Å²) < 4.78 is 1.00. The average Bonchev–Trinajstić information content (AvgIpc) is 2.49. The zero-order valence-corrected chi connectivity index (χ0v) is 13.1. The van der Waals surface area contributed by atoms with Crippen LogP contribution in [-0.2, 0) is 7.05 Å². The quantitative estimate of drug-likeness (QED) is 0.663. The van der Waals surface area contributed by atoms with Gasteiger partial charge in [0.2, 0.25) is 0 Å². The van der Waals surface area contributed by atoms with Gasteiger partial charge in [0.1, 0.15) is 5.82 Å². The van der Waals surface area contributed by atoms with E-state index in [-0.39, 0.29) is 5.56 Å². The van der Waals surface area contributed by atoms with Crippen molar-refractivity contribution in [3.05, 3.63) is 56.7 Å². The number of nitrogens with one attached hydrogen (secondary N) is 1. The van der Waals surface area contributed by atoms with E-state index in [1.807, 2.05) is 43.3 Å². The highest BCUT2D eigenvalue weighted by Crippen LogP contribution is 2.16. The minimum Gasteiger partial charge on any atom is -0.377 e. The lowest BCUT2D eigenvalue weighted by Gasteiger charge is -2.16. The Kier molecular flexibility index (Phi) is 4.45. The molecule has 0 fully saturated rings. The number of para-hydroxylation sites is 1. The van der Waals surface area contributed by atoms with E-state index in [0.29, 0.717) is 5.82 Å². The summed E-state index contributed by atoms with van der Waals surface area (Å²) in [6.07, 6.45) is 1.69. The maximum Gasteiger partial charge on any atom is 0.329 e. The molecule has 7 nitrogen and oxygen atoms in total. The van der Waals surface area contributed by atoms with Gasteiger partial charge < -0.3 is 4.90 Å². The van der Waals surface area contributed by atoms with Gasteiger partial charge in [0, 0.05) is 45.5 Å². The summed E-state index contributed by atoms with van der Waals surface area (Å²) >= 11 is 0. The number of H-pyrrole nitrogens is 1. The number of nitrogens with zero attached hydrogens (tertiary/aromatic N) is 4. The fourth-order valence-electron chi connectivity index (χ4n) is 1.93. The van der Waals surface area contributed by atoms with Crippen molar-refractivity contribution in [1.29, 1.82) is 0 Å². The maximum atomic E-state index is 11.6. The summed E-state index contributed by atoms with van der Waals surface area (Å²) in [7, 11) is 6.99. The molecule has 0 aliphatic carbocycles. The van der Waals surface area contributed by atoms with Crippen LogP contribution in [0.1, 0.15) is 5.56 Å². The molecular formula is C15H19N5O2. The molecule has 0 amide bonds. The SMILES string of the molecule is CN(C)c1ccccc1/C=N/N(C)c1cc(=O)n(C)c(=O)[nH]1. The zero-order valence-electron chi connectivity index (χ0n) is 13.1. The molecule has 0 atom stereocenters. The van der Waals surface area contributed by atoms with Crippen LogP contribution in [0.2, 0.25) is 0 Å². The lowest BCUT2D eigenvalue weighted by molar-refractivity contribution is 0.766. The summed E-state index contributed by atoms with van der Waals surface area (Å²) in [4.78, 5) is 27.8. The molecule has 0 saturated carbocycles. The molecule has 0 aliphatic rings. The van der Waals surface area contributed by atoms with Crippen LogP contribution >= 0.6 is 0 Å². The molecule has 0 bridgehead atoms. The van der Waals surface area contributed by atoms with Crippen LogP contribution in [-0.4, -0.2) is 36.9 Å². The van der Waals surface area contributed by atoms with Gasteiger partial charge in [-0.2, -0.15) is 5.10 Å². The van der Waals surface area contributed by atoms with Gasteiger partial charge in [0.25, 0.3) is 5.56 Å². The van der Waals surface area contributed by atoms with Crippen LogP contribution in [0.3, 0.4) is 0 Å². The summed E-state index contributed by atoms with van der Waals surface area (Å²) in [5.74, 6) is 0.340. The number of anilines is 2. The third-order valence-corrected chi connectivity index (χ3v) is 3.27. The van der Waals surface area contributed by atoms with Crippen LogP contribution in [0.5, 0.6) is 0 Å². The minimum absolute atomic E-state index is 0.340. The summed E-state index contributed by atoms with van der Waals surface area (Å²) in [5, 5.41) is 5.74. The van der Waals surface area contributed by atoms with Crippen molar-refractivity contribution in [1.82, 2.24) is 9.55 Å². The van der Waals surface area contributed by atoms with E-state index in [2.05, 4.69) is 10.1 Å². The zero-order chi connectivity index (χ0) is 16.3. The van der Waals surface area contributed by atoms with Crippen molar-refractivity contribution in [2.45, 2.75) is 0 Å². The van der Waals surface area contributed by atoms with E-state index in [0.717, 1.165) is 15.8 Å². The van der Waals surface area contributed by atoms with Gasteiger partial charge in [-0.15, -0.1) is 0 Å². The highest BCUT2D eigenvalue weighted by atomic mass is 16.2. The van der Waals surface area contributed by atoms with Gasteiger partial charge in [0.05, 0.1) is 6.21 Å². The van der Waals surface area contributed by atoms with Crippen molar-refractivity contribution in [3.8, 4) is 0 Å². The van der Waals surface area contributed by atoms with E-state index in [4.69, 9.17) is 0 Å². The predicted molar refractivity (Wildman–Crippen MR) is 89.1 cm³/mol. The number of aromatic amines is 1. The first-order valence-corrected chi connectivity index (χ1v) is 6.74. The number of benzene rings is 1. The summed E-state index contributed by atoms with van der Waals surface area (Å²) in [5.41, 5.74) is 1.11. The Morgan fingerprint density at radius 1 is 1.18 bits per heavy atom. The van der Waals surface area contributed by atoms with E-state index in [9.17, 15) is 9.59 Å². The Labute approximate surface area is 128 Å². The van der Waals surface area contributed by atoms with Crippen LogP contribution in [0.25, 0.3) is 0 Å². The standard InChI is InChI=1S/C15H19N5O2/c1-18(2)12-8-6-5-7-11(12)10-16-20(4)13-9-14(21)19(3)15(22)17-13/h5-10H,1-4H3,(H,17,22)/b16-10+. The molecule has 1 aromatic heterocycles. The number of hydrogen-bond acceptors (Lipinski definition) is 5. The molecule has 1 heterocycles. The smallest absolute Gasteiger partial charge is 0.329 e. The Morgan fingerprint density at radius 3 is 2.50 bits per heavy atom. The van der Waals surface area contributed by atoms with E-state index in [1.54, 1.807) is 13.3 Å². The first kappa shape index (κ1) is 15.6. The number of rotatable bonds is 4. The summed E-state index contributed by atoms with van der Waals surface area (Å²) in [6.45, 7) is 0. The van der Waals surface area contributed by atoms with E-state index < -0.39 is 5.69 Å². The number of hydrogen-bond donors (Lipinski definition) is 1. The van der Waals surface area contributed by atoms with E-state index in [1.165, 1.54) is 18.1 Å². The van der Waals surface area contributed by atoms with Crippen LogP contribution in [0.15, 0.2) is 45.0 Å². The Hall–Kier alpha value is -2.83. The van der Waals surface area contributed by atoms with Crippen molar-refractivity contribution in [2.24, 2.45) is 12.1 Å². The fraction of sp³-hybridized carbons (Fsp3) is 0.267. The van der Waals surface area contributed by atoms with Crippen molar-refractivity contribution >= 4 is 17.7 Å². The molecule has 0 spiro atoms. The fourth-order valence-corrected chi connectivity index (χ4v) is 1.93. The highest BCUT2D eigenvalue weighted by molar-refractivity contribution is 5.88. The molecule has 1 N–H and O–H groups in total. The van der Waals surface area contributed by atoms with Gasteiger partial charge in [0.15, 0.2) is 0 Å². The monoisotopic (exact) mass is 301 g/mol. The Morgan fingerprint density at radius 2 is 1.86 bits per heavy atom. The molecule has 22 heavy (non-hydrogen) atoms. The highest BCUT2D eigenvalue weighted by Gasteiger charge is 2.05. The lowest BCUT2D eigenvalue weighted by Crippen LogP contribution is -2.33. The normalized spacial score (nSPS) is 10.9. The van der Waals surface area contributed by atoms with Crippen molar-refractivity contribution in [3.63, 3.8) is 0 Å². The average molecular weight is 301 g/mol. The third kappa shape index (κ3) is 3.25. The molecule has 1 aromatic carbocycles. The molecule has 2 aromatic rings. The van der Waals surface area contributed by atoms with Gasteiger partial charge in [-0.05, 0) is 6.07 Å². The van der Waals surface area contributed by atoms with Crippen molar-refractivity contribution < 1.29 is 0 Å². The van der Waals surface area contributed by atoms with Gasteiger partial charge in [-0.1, -0.05) is 18.2 Å². The van der Waals surface area contributed by atoms with Crippen molar-refractivity contribution in [2.75, 3.05) is 31.1 Å². The molecule has 0 saturated heterocycles. The van der Waals surface area contributed by atoms with Crippen LogP contribution in [0, 0.1) is 0 Å². The molecule has 0 unspecified atom stereocenters. The second-order valence-electron chi connectivity index (χ2n) is 5.08. The third-order valence-electron chi connectivity index (χ3n) is 3.27. The van der Waals surface area contributed by atoms with Gasteiger partial charge in [-0.25, -0.2) is 4.79 Å². The topological polar surface area (TPSA) is 73.7 Å². The number of hydrazone groups is 1. The minimum atomic E-state index is -0.474. The molecule has 0 aliphatic heterocycles. The van der Waals surface area contributed by atoms with Gasteiger partial charge >= 0.3 is 5.69 Å². The number of aromatic nitrogens is 2. The predicted octanol–water partition coefficient (Wildman–Crippen LogP) is 0.610. The van der Waals surface area contributed by atoms with E-state index >= 15 is 0 Å². The van der Waals surface area contributed by atoms with Crippen LogP contribution < -0.4 is 21.2 Å². The largest absolute Gasteiger partial charge is 0.377 e. The molecule has 0 radical (unpaired) electrons. The maximum absolute atomic E-state index is 11.6. The molecule has 2 rings (SSSR count). The second kappa shape index (κ2) is 6.30. The second-order valence-corrected chi connectivity index (χ2v) is 5.08.